The summed E-state index contributed by atoms with van der Waals surface area (Å²) in [5, 5.41) is 20.0. The molecular weight excluding hydrogens is 325 g/mol. The summed E-state index contributed by atoms with van der Waals surface area (Å²) in [6.45, 7) is 4.90. The molecule has 0 unspecified atom stereocenters. The van der Waals surface area contributed by atoms with Crippen molar-refractivity contribution in [2.45, 2.75) is 13.1 Å². The molecule has 1 aromatic rings. The first kappa shape index (κ1) is 18.0. The molecule has 1 N–H and O–H groups in total. The molecule has 1 atom stereocenters. The van der Waals surface area contributed by atoms with E-state index in [1.54, 1.807) is 4.90 Å². The van der Waals surface area contributed by atoms with Gasteiger partial charge in [-0.25, -0.2) is 0 Å². The number of hydrogen-bond acceptors (Lipinski definition) is 4. The highest BCUT2D eigenvalue weighted by Crippen LogP contribution is 2.36. The van der Waals surface area contributed by atoms with Crippen molar-refractivity contribution in [2.75, 3.05) is 37.6 Å². The fourth-order valence-corrected chi connectivity index (χ4v) is 2.86. The number of quaternary nitrogens is 1. The lowest BCUT2D eigenvalue weighted by molar-refractivity contribution is -0.902. The summed E-state index contributed by atoms with van der Waals surface area (Å²) in [6.07, 6.45) is -4.61. The second-order valence-corrected chi connectivity index (χ2v) is 5.93. The van der Waals surface area contributed by atoms with E-state index in [2.05, 4.69) is 6.07 Å². The molecule has 1 aromatic carbocycles. The van der Waals surface area contributed by atoms with Crippen LogP contribution in [0.4, 0.5) is 24.5 Å². The zero-order valence-electron chi connectivity index (χ0n) is 13.1. The van der Waals surface area contributed by atoms with Crippen LogP contribution in [0.15, 0.2) is 18.2 Å². The molecule has 0 aliphatic carbocycles. The molecule has 0 saturated carbocycles. The maximum absolute atomic E-state index is 12.7. The van der Waals surface area contributed by atoms with Crippen LogP contribution >= 0.6 is 0 Å². The van der Waals surface area contributed by atoms with Gasteiger partial charge in [0.1, 0.15) is 5.69 Å². The summed E-state index contributed by atoms with van der Waals surface area (Å²) >= 11 is 0. The van der Waals surface area contributed by atoms with E-state index < -0.39 is 22.4 Å². The van der Waals surface area contributed by atoms with Crippen molar-refractivity contribution in [1.82, 2.24) is 0 Å². The molecule has 1 saturated heterocycles. The molecular formula is C15H18F3N4O2+. The Morgan fingerprint density at radius 3 is 2.54 bits per heavy atom. The number of alkyl halides is 3. The molecule has 1 aliphatic heterocycles. The monoisotopic (exact) mass is 343 g/mol. The summed E-state index contributed by atoms with van der Waals surface area (Å²) < 4.78 is 38.2. The third kappa shape index (κ3) is 4.14. The topological polar surface area (TPSA) is 74.6 Å². The van der Waals surface area contributed by atoms with Crippen molar-refractivity contribution in [3.8, 4) is 6.07 Å². The average Bonchev–Trinajstić information content (AvgIpc) is 2.54. The molecule has 0 aromatic heterocycles. The van der Waals surface area contributed by atoms with Crippen LogP contribution in [-0.2, 0) is 6.18 Å². The minimum Gasteiger partial charge on any atom is -0.355 e. The van der Waals surface area contributed by atoms with Gasteiger partial charge in [-0.15, -0.1) is 0 Å². The van der Waals surface area contributed by atoms with Crippen molar-refractivity contribution < 1.29 is 23.0 Å². The quantitative estimate of drug-likeness (QED) is 0.664. The molecule has 130 valence electrons. The van der Waals surface area contributed by atoms with E-state index in [1.165, 1.54) is 11.0 Å². The number of nitro groups is 1. The van der Waals surface area contributed by atoms with Crippen molar-refractivity contribution in [2.24, 2.45) is 5.92 Å². The van der Waals surface area contributed by atoms with E-state index in [0.717, 1.165) is 6.07 Å². The molecule has 0 amide bonds. The molecule has 1 aliphatic rings. The van der Waals surface area contributed by atoms with Crippen LogP contribution in [0.5, 0.6) is 0 Å². The lowest BCUT2D eigenvalue weighted by atomic mass is 10.1. The first-order chi connectivity index (χ1) is 11.2. The molecule has 0 bridgehead atoms. The van der Waals surface area contributed by atoms with Gasteiger partial charge in [0, 0.05) is 6.07 Å². The number of anilines is 1. The summed E-state index contributed by atoms with van der Waals surface area (Å²) in [6, 6.07) is 4.80. The van der Waals surface area contributed by atoms with E-state index in [0.29, 0.717) is 38.8 Å². The maximum Gasteiger partial charge on any atom is 0.416 e. The van der Waals surface area contributed by atoms with Crippen molar-refractivity contribution in [3.05, 3.63) is 33.9 Å². The van der Waals surface area contributed by atoms with Crippen molar-refractivity contribution in [3.63, 3.8) is 0 Å². The van der Waals surface area contributed by atoms with Gasteiger partial charge in [0.25, 0.3) is 5.69 Å². The predicted molar refractivity (Wildman–Crippen MR) is 80.7 cm³/mol. The van der Waals surface area contributed by atoms with Gasteiger partial charge in [-0.05, 0) is 19.1 Å². The maximum atomic E-state index is 12.7. The van der Waals surface area contributed by atoms with Gasteiger partial charge in [0.15, 0.2) is 0 Å². The largest absolute Gasteiger partial charge is 0.416 e. The standard InChI is InChI=1S/C15H17F3N4O2/c1-11(9-19)10-20-4-6-21(7-5-20)13-3-2-12(15(16,17)18)8-14(13)22(23)24/h2-3,8,11H,4-7,10H2,1H3/p+1/t11-/m0/s1. The molecule has 6 nitrogen and oxygen atoms in total. The number of rotatable bonds is 4. The number of halogens is 3. The second kappa shape index (κ2) is 7.05. The normalized spacial score (nSPS) is 17.4. The Kier molecular flexibility index (Phi) is 5.29. The molecule has 2 rings (SSSR count). The number of hydrogen-bond donors (Lipinski definition) is 1. The van der Waals surface area contributed by atoms with Crippen LogP contribution in [0.1, 0.15) is 12.5 Å². The third-order valence-corrected chi connectivity index (χ3v) is 4.13. The fourth-order valence-electron chi connectivity index (χ4n) is 2.86. The first-order valence-corrected chi connectivity index (χ1v) is 7.56. The zero-order chi connectivity index (χ0) is 17.9. The highest BCUT2D eigenvalue weighted by molar-refractivity contribution is 5.64. The van der Waals surface area contributed by atoms with Crippen LogP contribution in [0.25, 0.3) is 0 Å². The molecule has 9 heteroatoms. The number of nitrogens with zero attached hydrogens (tertiary/aromatic N) is 3. The molecule has 24 heavy (non-hydrogen) atoms. The van der Waals surface area contributed by atoms with E-state index >= 15 is 0 Å². The van der Waals surface area contributed by atoms with E-state index in [9.17, 15) is 23.3 Å². The van der Waals surface area contributed by atoms with Gasteiger partial charge in [0.2, 0.25) is 0 Å². The number of piperazine rings is 1. The Bertz CT molecular complexity index is 649. The number of nitrogens with one attached hydrogen (secondary N) is 1. The third-order valence-electron chi connectivity index (χ3n) is 4.13. The summed E-state index contributed by atoms with van der Waals surface area (Å²) in [7, 11) is 0. The van der Waals surface area contributed by atoms with Gasteiger partial charge in [-0.3, -0.25) is 10.1 Å². The minimum atomic E-state index is -4.61. The molecule has 1 fully saturated rings. The van der Waals surface area contributed by atoms with Crippen LogP contribution in [0.2, 0.25) is 0 Å². The highest BCUT2D eigenvalue weighted by Gasteiger charge is 2.34. The second-order valence-electron chi connectivity index (χ2n) is 5.93. The lowest BCUT2D eigenvalue weighted by Gasteiger charge is -2.33. The highest BCUT2D eigenvalue weighted by atomic mass is 19.4. The summed E-state index contributed by atoms with van der Waals surface area (Å²) in [5.74, 6) is -0.0769. The number of nitro benzene ring substituents is 1. The van der Waals surface area contributed by atoms with E-state index in [4.69, 9.17) is 5.26 Å². The van der Waals surface area contributed by atoms with Gasteiger partial charge < -0.3 is 9.80 Å². The van der Waals surface area contributed by atoms with Crippen LogP contribution < -0.4 is 9.80 Å². The van der Waals surface area contributed by atoms with Crippen molar-refractivity contribution >= 4 is 11.4 Å². The Hall–Kier alpha value is -2.34. The van der Waals surface area contributed by atoms with Gasteiger partial charge >= 0.3 is 6.18 Å². The Morgan fingerprint density at radius 2 is 2.04 bits per heavy atom. The summed E-state index contributed by atoms with van der Waals surface area (Å²) in [4.78, 5) is 13.3. The minimum absolute atomic E-state index is 0.0769. The molecule has 0 spiro atoms. The van der Waals surface area contributed by atoms with Gasteiger partial charge in [-0.1, -0.05) is 0 Å². The van der Waals surface area contributed by atoms with Crippen LogP contribution in [-0.4, -0.2) is 37.6 Å². The van der Waals surface area contributed by atoms with Gasteiger partial charge in [-0.2, -0.15) is 18.4 Å². The van der Waals surface area contributed by atoms with E-state index in [1.807, 2.05) is 6.92 Å². The van der Waals surface area contributed by atoms with Crippen LogP contribution in [0.3, 0.4) is 0 Å². The number of benzene rings is 1. The predicted octanol–water partition coefficient (Wildman–Crippen LogP) is 1.48. The SMILES string of the molecule is C[C@@H](C#N)C[NH+]1CCN(c2ccc(C(F)(F)F)cc2[N+](=O)[O-])CC1. The first-order valence-electron chi connectivity index (χ1n) is 7.56. The average molecular weight is 343 g/mol. The van der Waals surface area contributed by atoms with Crippen molar-refractivity contribution in [1.29, 1.82) is 5.26 Å². The zero-order valence-corrected chi connectivity index (χ0v) is 13.1. The summed E-state index contributed by atoms with van der Waals surface area (Å²) in [5.41, 5.74) is -1.34. The molecule has 1 heterocycles. The Morgan fingerprint density at radius 1 is 1.42 bits per heavy atom. The Labute approximate surface area is 137 Å². The van der Waals surface area contributed by atoms with Crippen LogP contribution in [0, 0.1) is 27.4 Å². The number of nitriles is 1. The van der Waals surface area contributed by atoms with E-state index in [-0.39, 0.29) is 11.6 Å². The molecule has 0 radical (unpaired) electrons. The Balaban J connectivity index is 2.16. The van der Waals surface area contributed by atoms with Gasteiger partial charge in [0.05, 0.1) is 55.2 Å². The smallest absolute Gasteiger partial charge is 0.355 e. The fraction of sp³-hybridized carbons (Fsp3) is 0.533. The lowest BCUT2D eigenvalue weighted by Crippen LogP contribution is -3.15.